The Hall–Kier alpha value is -2.33. The predicted octanol–water partition coefficient (Wildman–Crippen LogP) is 2.97. The second-order valence-electron chi connectivity index (χ2n) is 9.33. The summed E-state index contributed by atoms with van der Waals surface area (Å²) in [6.07, 6.45) is -3.39. The zero-order chi connectivity index (χ0) is 22.1. The number of alkyl halides is 3. The van der Waals surface area contributed by atoms with E-state index in [4.69, 9.17) is 10.8 Å². The molecule has 5 rings (SSSR count). The van der Waals surface area contributed by atoms with E-state index >= 15 is 0 Å². The van der Waals surface area contributed by atoms with E-state index in [2.05, 4.69) is 40.4 Å². The first-order chi connectivity index (χ1) is 14.6. The van der Waals surface area contributed by atoms with Crippen molar-refractivity contribution in [3.63, 3.8) is 0 Å². The van der Waals surface area contributed by atoms with Crippen LogP contribution in [0, 0.1) is 11.8 Å². The van der Waals surface area contributed by atoms with Crippen LogP contribution in [0.25, 0.3) is 11.3 Å². The molecule has 3 aliphatic rings. The molecule has 4 heterocycles. The zero-order valence-electron chi connectivity index (χ0n) is 17.8. The van der Waals surface area contributed by atoms with Crippen LogP contribution in [0.2, 0.25) is 0 Å². The molecule has 0 unspecified atom stereocenters. The van der Waals surface area contributed by atoms with E-state index in [1.165, 1.54) is 12.3 Å². The summed E-state index contributed by atoms with van der Waals surface area (Å²) in [5, 5.41) is 4.71. The van der Waals surface area contributed by atoms with Crippen LogP contribution in [0.5, 0.6) is 5.75 Å². The SMILES string of the molecule is CC(C)n1nc(-c2cnc(N)c(OC(F)(F)F)c2)cc1[C@H]1[C@@H]2CN(C3CN(C)C3)C[C@@H]21. The van der Waals surface area contributed by atoms with Gasteiger partial charge in [0.05, 0.1) is 5.69 Å². The van der Waals surface area contributed by atoms with Gasteiger partial charge in [0.25, 0.3) is 0 Å². The lowest BCUT2D eigenvalue weighted by Gasteiger charge is -2.42. The van der Waals surface area contributed by atoms with Crippen LogP contribution in [0.3, 0.4) is 0 Å². The van der Waals surface area contributed by atoms with E-state index in [1.807, 2.05) is 10.7 Å². The first-order valence-electron chi connectivity index (χ1n) is 10.6. The van der Waals surface area contributed by atoms with Crippen molar-refractivity contribution in [2.24, 2.45) is 11.8 Å². The molecule has 10 heteroatoms. The highest BCUT2D eigenvalue weighted by molar-refractivity contribution is 5.64. The summed E-state index contributed by atoms with van der Waals surface area (Å²) in [4.78, 5) is 8.83. The van der Waals surface area contributed by atoms with Crippen LogP contribution in [-0.2, 0) is 0 Å². The summed E-state index contributed by atoms with van der Waals surface area (Å²) in [6.45, 7) is 8.64. The van der Waals surface area contributed by atoms with Crippen molar-refractivity contribution in [2.45, 2.75) is 38.2 Å². The molecule has 2 aromatic heterocycles. The topological polar surface area (TPSA) is 72.4 Å². The molecule has 0 spiro atoms. The molecule has 0 aromatic carbocycles. The molecular formula is C21H27F3N6O. The van der Waals surface area contributed by atoms with Gasteiger partial charge in [0, 0.05) is 61.6 Å². The lowest BCUT2D eigenvalue weighted by atomic mass is 10.1. The fourth-order valence-electron chi connectivity index (χ4n) is 5.21. The maximum absolute atomic E-state index is 12.7. The lowest BCUT2D eigenvalue weighted by Crippen LogP contribution is -2.57. The van der Waals surface area contributed by atoms with Crippen molar-refractivity contribution in [3.8, 4) is 17.0 Å². The number of nitrogens with zero attached hydrogens (tertiary/aromatic N) is 5. The van der Waals surface area contributed by atoms with E-state index in [0.29, 0.717) is 35.1 Å². The molecule has 2 aromatic rings. The van der Waals surface area contributed by atoms with Crippen molar-refractivity contribution in [1.29, 1.82) is 0 Å². The van der Waals surface area contributed by atoms with Crippen LogP contribution < -0.4 is 10.5 Å². The molecule has 2 aliphatic heterocycles. The molecule has 1 aliphatic carbocycles. The van der Waals surface area contributed by atoms with Crippen molar-refractivity contribution >= 4 is 5.82 Å². The number of nitrogen functional groups attached to an aromatic ring is 1. The Balaban J connectivity index is 1.37. The minimum atomic E-state index is -4.83. The number of likely N-dealkylation sites (N-methyl/N-ethyl adjacent to an activating group) is 1. The number of anilines is 1. The van der Waals surface area contributed by atoms with Gasteiger partial charge in [-0.25, -0.2) is 4.98 Å². The second kappa shape index (κ2) is 7.09. The number of hydrogen-bond acceptors (Lipinski definition) is 6. The summed E-state index contributed by atoms with van der Waals surface area (Å²) in [5.41, 5.74) is 7.77. The number of nitrogens with two attached hydrogens (primary N) is 1. The highest BCUT2D eigenvalue weighted by atomic mass is 19.4. The Bertz CT molecular complexity index is 972. The average Bonchev–Trinajstić information content (AvgIpc) is 3.03. The van der Waals surface area contributed by atoms with Crippen LogP contribution in [0.4, 0.5) is 19.0 Å². The third-order valence-corrected chi connectivity index (χ3v) is 6.78. The van der Waals surface area contributed by atoms with Gasteiger partial charge in [0.1, 0.15) is 0 Å². The van der Waals surface area contributed by atoms with E-state index in [-0.39, 0.29) is 11.9 Å². The number of hydrogen-bond donors (Lipinski definition) is 1. The van der Waals surface area contributed by atoms with Gasteiger partial charge in [-0.15, -0.1) is 13.2 Å². The largest absolute Gasteiger partial charge is 0.573 e. The Morgan fingerprint density at radius 1 is 1.13 bits per heavy atom. The quantitative estimate of drug-likeness (QED) is 0.777. The highest BCUT2D eigenvalue weighted by Crippen LogP contribution is 2.59. The molecule has 0 bridgehead atoms. The van der Waals surface area contributed by atoms with Crippen molar-refractivity contribution in [3.05, 3.63) is 24.0 Å². The molecule has 0 amide bonds. The number of rotatable bonds is 5. The molecule has 3 fully saturated rings. The third kappa shape index (κ3) is 3.76. The Morgan fingerprint density at radius 2 is 1.81 bits per heavy atom. The van der Waals surface area contributed by atoms with Crippen LogP contribution in [0.15, 0.2) is 18.3 Å². The summed E-state index contributed by atoms with van der Waals surface area (Å²) in [5.74, 6) is 0.895. The fourth-order valence-corrected chi connectivity index (χ4v) is 5.21. The maximum Gasteiger partial charge on any atom is 0.573 e. The van der Waals surface area contributed by atoms with Gasteiger partial charge in [0.2, 0.25) is 0 Å². The molecule has 3 atom stereocenters. The minimum absolute atomic E-state index is 0.147. The fraction of sp³-hybridized carbons (Fsp3) is 0.619. The Kier molecular flexibility index (Phi) is 4.71. The van der Waals surface area contributed by atoms with Crippen LogP contribution in [-0.4, -0.2) is 70.2 Å². The Morgan fingerprint density at radius 3 is 2.39 bits per heavy atom. The van der Waals surface area contributed by atoms with Gasteiger partial charge in [0.15, 0.2) is 11.6 Å². The standard InChI is InChI=1S/C21H27F3N6O/c1-11(2)30-17(19-14-9-29(10-15(14)19)13-7-28(3)8-13)5-16(27-30)12-4-18(20(25)26-6-12)31-21(22,23)24/h4-6,11,13-15,19H,7-10H2,1-3H3,(H2,25,26)/t14-,15+,19+. The molecular weight excluding hydrogens is 409 g/mol. The number of piperidine rings is 1. The number of aromatic nitrogens is 3. The van der Waals surface area contributed by atoms with Crippen molar-refractivity contribution in [1.82, 2.24) is 24.6 Å². The van der Waals surface area contributed by atoms with E-state index < -0.39 is 12.1 Å². The van der Waals surface area contributed by atoms with Crippen molar-refractivity contribution < 1.29 is 17.9 Å². The monoisotopic (exact) mass is 436 g/mol. The van der Waals surface area contributed by atoms with E-state index in [9.17, 15) is 13.2 Å². The maximum atomic E-state index is 12.7. The average molecular weight is 436 g/mol. The van der Waals surface area contributed by atoms with Gasteiger partial charge < -0.3 is 15.4 Å². The van der Waals surface area contributed by atoms with Crippen LogP contribution >= 0.6 is 0 Å². The summed E-state index contributed by atoms with van der Waals surface area (Å²) in [6, 6.07) is 4.08. The number of ether oxygens (including phenoxy) is 1. The van der Waals surface area contributed by atoms with Gasteiger partial charge >= 0.3 is 6.36 Å². The summed E-state index contributed by atoms with van der Waals surface area (Å²) >= 11 is 0. The third-order valence-electron chi connectivity index (χ3n) is 6.78. The zero-order valence-corrected chi connectivity index (χ0v) is 17.8. The first kappa shape index (κ1) is 20.6. The lowest BCUT2D eigenvalue weighted by molar-refractivity contribution is -0.274. The first-order valence-corrected chi connectivity index (χ1v) is 10.6. The van der Waals surface area contributed by atoms with Gasteiger partial charge in [-0.05, 0) is 44.9 Å². The molecule has 2 N–H and O–H groups in total. The molecule has 1 saturated carbocycles. The highest BCUT2D eigenvalue weighted by Gasteiger charge is 2.59. The molecule has 31 heavy (non-hydrogen) atoms. The molecule has 168 valence electrons. The number of halogens is 3. The molecule has 2 saturated heterocycles. The van der Waals surface area contributed by atoms with E-state index in [1.54, 1.807) is 0 Å². The summed E-state index contributed by atoms with van der Waals surface area (Å²) < 4.78 is 44.1. The van der Waals surface area contributed by atoms with Crippen LogP contribution in [0.1, 0.15) is 31.5 Å². The van der Waals surface area contributed by atoms with Gasteiger partial charge in [-0.3, -0.25) is 9.58 Å². The second-order valence-corrected chi connectivity index (χ2v) is 9.33. The van der Waals surface area contributed by atoms with E-state index in [0.717, 1.165) is 31.9 Å². The number of fused-ring (bicyclic) bond motifs is 1. The van der Waals surface area contributed by atoms with Gasteiger partial charge in [-0.1, -0.05) is 0 Å². The Labute approximate surface area is 179 Å². The summed E-state index contributed by atoms with van der Waals surface area (Å²) in [7, 11) is 2.15. The predicted molar refractivity (Wildman–Crippen MR) is 110 cm³/mol. The molecule has 0 radical (unpaired) electrons. The smallest absolute Gasteiger partial charge is 0.402 e. The van der Waals surface area contributed by atoms with Gasteiger partial charge in [-0.2, -0.15) is 5.10 Å². The minimum Gasteiger partial charge on any atom is -0.402 e. The number of pyridine rings is 1. The van der Waals surface area contributed by atoms with Crippen molar-refractivity contribution in [2.75, 3.05) is 39.0 Å². The normalized spacial score (nSPS) is 26.9. The number of likely N-dealkylation sites (tertiary alicyclic amines) is 2. The molecule has 7 nitrogen and oxygen atoms in total.